The monoisotopic (exact) mass is 281 g/mol. The van der Waals surface area contributed by atoms with Crippen LogP contribution in [-0.4, -0.2) is 73.1 Å². The summed E-state index contributed by atoms with van der Waals surface area (Å²) in [7, 11) is 2.66. The lowest BCUT2D eigenvalue weighted by Gasteiger charge is -2.10. The third kappa shape index (κ3) is 12.3. The van der Waals surface area contributed by atoms with Crippen LogP contribution in [0.1, 0.15) is 12.8 Å². The van der Waals surface area contributed by atoms with E-state index in [9.17, 15) is 8.42 Å². The molecule has 110 valence electrons. The lowest BCUT2D eigenvalue weighted by molar-refractivity contribution is 0.122. The van der Waals surface area contributed by atoms with Crippen molar-refractivity contribution in [2.75, 3.05) is 59.7 Å². The highest BCUT2D eigenvalue weighted by Gasteiger charge is 2.08. The Morgan fingerprint density at radius 2 is 1.83 bits per heavy atom. The van der Waals surface area contributed by atoms with Gasteiger partial charge in [-0.05, 0) is 40.5 Å². The number of nitrogens with one attached hydrogen (secondary N) is 2. The Kier molecular flexibility index (Phi) is 10.6. The predicted molar refractivity (Wildman–Crippen MR) is 74.3 cm³/mol. The van der Waals surface area contributed by atoms with Gasteiger partial charge in [0.2, 0.25) is 10.0 Å². The number of unbranched alkanes of at least 4 members (excludes halogenated alkanes) is 1. The number of hydrogen-bond acceptors (Lipinski definition) is 5. The topological polar surface area (TPSA) is 70.7 Å². The Balaban J connectivity index is 3.47. The lowest BCUT2D eigenvalue weighted by atomic mass is 10.3. The van der Waals surface area contributed by atoms with Crippen LogP contribution in [0, 0.1) is 0 Å². The van der Waals surface area contributed by atoms with Gasteiger partial charge in [0.25, 0.3) is 0 Å². The van der Waals surface area contributed by atoms with Gasteiger partial charge in [0.1, 0.15) is 0 Å². The van der Waals surface area contributed by atoms with Crippen LogP contribution in [0.5, 0.6) is 0 Å². The minimum atomic E-state index is -3.13. The maximum absolute atomic E-state index is 11.5. The van der Waals surface area contributed by atoms with Crippen molar-refractivity contribution in [3.8, 4) is 0 Å². The Morgan fingerprint density at radius 3 is 2.44 bits per heavy atom. The Morgan fingerprint density at radius 1 is 1.11 bits per heavy atom. The van der Waals surface area contributed by atoms with Gasteiger partial charge < -0.3 is 15.0 Å². The number of nitrogens with zero attached hydrogens (tertiary/aromatic N) is 1. The molecule has 6 nitrogen and oxygen atoms in total. The van der Waals surface area contributed by atoms with Crippen molar-refractivity contribution in [1.29, 1.82) is 0 Å². The fourth-order valence-electron chi connectivity index (χ4n) is 1.28. The molecule has 0 atom stereocenters. The third-order valence-corrected chi connectivity index (χ3v) is 3.81. The molecule has 0 aromatic rings. The molecule has 0 aromatic heterocycles. The van der Waals surface area contributed by atoms with Crippen molar-refractivity contribution in [3.63, 3.8) is 0 Å². The van der Waals surface area contributed by atoms with Gasteiger partial charge in [0.15, 0.2) is 0 Å². The fourth-order valence-corrected chi connectivity index (χ4v) is 2.41. The molecule has 0 saturated carbocycles. The Hall–Kier alpha value is -0.210. The zero-order valence-corrected chi connectivity index (χ0v) is 12.6. The number of rotatable bonds is 12. The average Bonchev–Trinajstić information content (AvgIpc) is 2.29. The summed E-state index contributed by atoms with van der Waals surface area (Å²) >= 11 is 0. The molecule has 0 bridgehead atoms. The van der Waals surface area contributed by atoms with Gasteiger partial charge in [0, 0.05) is 13.1 Å². The summed E-state index contributed by atoms with van der Waals surface area (Å²) in [5.41, 5.74) is 0. The van der Waals surface area contributed by atoms with Crippen LogP contribution in [0.4, 0.5) is 0 Å². The van der Waals surface area contributed by atoms with E-state index in [0.717, 1.165) is 19.5 Å². The van der Waals surface area contributed by atoms with E-state index in [0.29, 0.717) is 26.2 Å². The van der Waals surface area contributed by atoms with Crippen LogP contribution < -0.4 is 10.0 Å². The van der Waals surface area contributed by atoms with E-state index in [-0.39, 0.29) is 5.75 Å². The smallest absolute Gasteiger partial charge is 0.211 e. The number of likely N-dealkylation sites (N-methyl/N-ethyl adjacent to an activating group) is 1. The fraction of sp³-hybridized carbons (Fsp3) is 1.00. The van der Waals surface area contributed by atoms with Gasteiger partial charge in [-0.3, -0.25) is 0 Å². The first kappa shape index (κ1) is 17.8. The highest BCUT2D eigenvalue weighted by molar-refractivity contribution is 7.89. The third-order valence-electron chi connectivity index (χ3n) is 2.34. The van der Waals surface area contributed by atoms with E-state index in [1.807, 2.05) is 26.0 Å². The molecule has 0 rings (SSSR count). The summed E-state index contributed by atoms with van der Waals surface area (Å²) in [6, 6.07) is 0. The van der Waals surface area contributed by atoms with E-state index in [1.54, 1.807) is 0 Å². The molecular formula is C11H27N3O3S. The molecule has 18 heavy (non-hydrogen) atoms. The minimum absolute atomic E-state index is 0.187. The van der Waals surface area contributed by atoms with Gasteiger partial charge in [-0.1, -0.05) is 0 Å². The summed E-state index contributed by atoms with van der Waals surface area (Å²) in [6.45, 7) is 3.09. The van der Waals surface area contributed by atoms with Crippen LogP contribution >= 0.6 is 0 Å². The standard InChI is InChI=1S/C11H27N3O3S/c1-12-6-4-5-11-18(15,16)13-7-9-17-10-8-14(2)3/h12-13H,4-11H2,1-3H3. The first-order valence-electron chi connectivity index (χ1n) is 6.32. The molecule has 0 spiro atoms. The average molecular weight is 281 g/mol. The second kappa shape index (κ2) is 10.7. The van der Waals surface area contributed by atoms with Gasteiger partial charge in [0.05, 0.1) is 19.0 Å². The zero-order valence-electron chi connectivity index (χ0n) is 11.7. The molecule has 0 aromatic carbocycles. The van der Waals surface area contributed by atoms with Crippen LogP contribution in [0.25, 0.3) is 0 Å². The summed E-state index contributed by atoms with van der Waals surface area (Å²) in [4.78, 5) is 2.02. The minimum Gasteiger partial charge on any atom is -0.379 e. The van der Waals surface area contributed by atoms with Gasteiger partial charge >= 0.3 is 0 Å². The van der Waals surface area contributed by atoms with Crippen molar-refractivity contribution in [2.45, 2.75) is 12.8 Å². The number of ether oxygens (including phenoxy) is 1. The predicted octanol–water partition coefficient (Wildman–Crippen LogP) is -0.516. The van der Waals surface area contributed by atoms with Crippen LogP contribution in [0.3, 0.4) is 0 Å². The van der Waals surface area contributed by atoms with Crippen LogP contribution in [-0.2, 0) is 14.8 Å². The molecule has 0 amide bonds. The van der Waals surface area contributed by atoms with E-state index in [1.165, 1.54) is 0 Å². The molecule has 0 fully saturated rings. The van der Waals surface area contributed by atoms with Crippen molar-refractivity contribution >= 4 is 10.0 Å². The molecule has 0 saturated heterocycles. The zero-order chi connectivity index (χ0) is 13.9. The van der Waals surface area contributed by atoms with E-state index in [4.69, 9.17) is 4.74 Å². The van der Waals surface area contributed by atoms with E-state index in [2.05, 4.69) is 10.0 Å². The second-order valence-corrected chi connectivity index (χ2v) is 6.37. The van der Waals surface area contributed by atoms with Gasteiger partial charge in [-0.25, -0.2) is 13.1 Å². The lowest BCUT2D eigenvalue weighted by Crippen LogP contribution is -2.30. The molecule has 0 aliphatic rings. The molecule has 0 unspecified atom stereocenters. The first-order valence-corrected chi connectivity index (χ1v) is 7.97. The summed E-state index contributed by atoms with van der Waals surface area (Å²) in [6.07, 6.45) is 1.55. The molecule has 0 aliphatic heterocycles. The Labute approximate surface area is 111 Å². The SMILES string of the molecule is CNCCCCS(=O)(=O)NCCOCCN(C)C. The molecule has 0 radical (unpaired) electrons. The molecule has 7 heteroatoms. The molecule has 0 aliphatic carbocycles. The largest absolute Gasteiger partial charge is 0.379 e. The first-order chi connectivity index (χ1) is 8.48. The maximum atomic E-state index is 11.5. The maximum Gasteiger partial charge on any atom is 0.211 e. The van der Waals surface area contributed by atoms with Gasteiger partial charge in [-0.2, -0.15) is 0 Å². The molecule has 2 N–H and O–H groups in total. The summed E-state index contributed by atoms with van der Waals surface area (Å²) < 4.78 is 30.9. The summed E-state index contributed by atoms with van der Waals surface area (Å²) in [5, 5.41) is 2.99. The quantitative estimate of drug-likeness (QED) is 0.471. The Bertz CT molecular complexity index is 281. The normalized spacial score (nSPS) is 12.2. The van der Waals surface area contributed by atoms with Crippen molar-refractivity contribution in [2.24, 2.45) is 0 Å². The second-order valence-electron chi connectivity index (χ2n) is 4.44. The molecular weight excluding hydrogens is 254 g/mol. The van der Waals surface area contributed by atoms with E-state index < -0.39 is 10.0 Å². The van der Waals surface area contributed by atoms with Crippen molar-refractivity contribution in [3.05, 3.63) is 0 Å². The highest BCUT2D eigenvalue weighted by Crippen LogP contribution is 1.93. The number of sulfonamides is 1. The number of hydrogen-bond donors (Lipinski definition) is 2. The van der Waals surface area contributed by atoms with Crippen molar-refractivity contribution in [1.82, 2.24) is 14.9 Å². The molecule has 0 heterocycles. The van der Waals surface area contributed by atoms with E-state index >= 15 is 0 Å². The van der Waals surface area contributed by atoms with Crippen molar-refractivity contribution < 1.29 is 13.2 Å². The highest BCUT2D eigenvalue weighted by atomic mass is 32.2. The van der Waals surface area contributed by atoms with Crippen LogP contribution in [0.2, 0.25) is 0 Å². The van der Waals surface area contributed by atoms with Gasteiger partial charge in [-0.15, -0.1) is 0 Å². The van der Waals surface area contributed by atoms with Crippen LogP contribution in [0.15, 0.2) is 0 Å². The summed E-state index contributed by atoms with van der Waals surface area (Å²) in [5.74, 6) is 0.187.